The molecule has 25 nitrogen and oxygen atoms in total. The molecule has 0 radical (unpaired) electrons. The second-order valence-corrected chi connectivity index (χ2v) is 16.2. The summed E-state index contributed by atoms with van der Waals surface area (Å²) in [4.78, 5) is 140. The molecule has 0 aromatic carbocycles. The summed E-state index contributed by atoms with van der Waals surface area (Å²) >= 11 is 0. The van der Waals surface area contributed by atoms with E-state index < -0.39 is 163 Å². The summed E-state index contributed by atoms with van der Waals surface area (Å²) in [5.74, 6) is -13.5. The lowest BCUT2D eigenvalue weighted by atomic mass is 10.0. The SMILES string of the molecule is CC(C)C[C@H](NC(=O)CN)C(=O)N[C@@H](C)C(=O)N[C@H](C(=O)N[C@@H](CC(=O)O)C(=O)N[C@H](C(=O)N[C@@H](CCC(N)=O)C(=O)N[C@H](C(=O)N[C@H](C(=O)O)C(C)C)[C@@H](C)O)C(C)C)[C@@H](C)O. The molecule has 0 fully saturated rings. The number of rotatable bonds is 28. The van der Waals surface area contributed by atoms with Gasteiger partial charge in [0.25, 0.3) is 0 Å². The molecule has 0 aliphatic rings. The Morgan fingerprint density at radius 2 is 0.905 bits per heavy atom. The molecule has 0 unspecified atom stereocenters. The molecule has 0 aliphatic carbocycles. The van der Waals surface area contributed by atoms with Crippen molar-refractivity contribution in [2.45, 2.75) is 149 Å². The smallest absolute Gasteiger partial charge is 0.326 e. The number of nitrogens with one attached hydrogen (secondary N) is 8. The van der Waals surface area contributed by atoms with Gasteiger partial charge in [0.05, 0.1) is 25.2 Å². The molecular weight excluding hydrogens is 836 g/mol. The highest BCUT2D eigenvalue weighted by Crippen LogP contribution is 2.10. The van der Waals surface area contributed by atoms with Gasteiger partial charge in [0, 0.05) is 6.42 Å². The molecule has 0 saturated heterocycles. The lowest BCUT2D eigenvalue weighted by molar-refractivity contribution is -0.144. The van der Waals surface area contributed by atoms with Gasteiger partial charge in [-0.15, -0.1) is 0 Å². The van der Waals surface area contributed by atoms with Crippen LogP contribution in [0.4, 0.5) is 0 Å². The fourth-order valence-corrected chi connectivity index (χ4v) is 5.69. The van der Waals surface area contributed by atoms with Gasteiger partial charge in [0.2, 0.25) is 53.2 Å². The third kappa shape index (κ3) is 20.6. The third-order valence-electron chi connectivity index (χ3n) is 9.22. The Morgan fingerprint density at radius 3 is 1.33 bits per heavy atom. The van der Waals surface area contributed by atoms with Crippen molar-refractivity contribution in [3.05, 3.63) is 0 Å². The lowest BCUT2D eigenvalue weighted by Crippen LogP contribution is -2.62. The number of nitrogens with two attached hydrogens (primary N) is 2. The van der Waals surface area contributed by atoms with Gasteiger partial charge < -0.3 is 74.4 Å². The Bertz CT molecular complexity index is 1660. The summed E-state index contributed by atoms with van der Waals surface area (Å²) in [7, 11) is 0. The minimum atomic E-state index is -1.94. The Labute approximate surface area is 364 Å². The van der Waals surface area contributed by atoms with Crippen LogP contribution in [0.5, 0.6) is 0 Å². The Balaban J connectivity index is 6.29. The van der Waals surface area contributed by atoms with Crippen LogP contribution in [0, 0.1) is 17.8 Å². The van der Waals surface area contributed by atoms with Crippen LogP contribution < -0.4 is 54.0 Å². The number of carbonyl (C=O) groups excluding carboxylic acids is 9. The number of amides is 9. The maximum absolute atomic E-state index is 13.7. The Hall–Kier alpha value is -5.95. The molecule has 0 spiro atoms. The van der Waals surface area contributed by atoms with Gasteiger partial charge in [-0.25, -0.2) is 4.79 Å². The Morgan fingerprint density at radius 1 is 0.492 bits per heavy atom. The van der Waals surface area contributed by atoms with Gasteiger partial charge in [-0.1, -0.05) is 41.5 Å². The fraction of sp³-hybridized carbons (Fsp3) is 0.711. The molecule has 63 heavy (non-hydrogen) atoms. The van der Waals surface area contributed by atoms with Crippen molar-refractivity contribution in [2.24, 2.45) is 29.2 Å². The second-order valence-electron chi connectivity index (χ2n) is 16.2. The summed E-state index contributed by atoms with van der Waals surface area (Å²) in [6.45, 7) is 12.5. The summed E-state index contributed by atoms with van der Waals surface area (Å²) in [5, 5.41) is 58.1. The number of aliphatic hydroxyl groups is 2. The molecule has 16 N–H and O–H groups in total. The Kier molecular flexibility index (Phi) is 24.6. The van der Waals surface area contributed by atoms with Crippen molar-refractivity contribution in [2.75, 3.05) is 6.54 Å². The molecule has 25 heteroatoms. The van der Waals surface area contributed by atoms with Crippen molar-refractivity contribution in [1.29, 1.82) is 0 Å². The van der Waals surface area contributed by atoms with Crippen LogP contribution in [0.1, 0.15) is 88.0 Å². The van der Waals surface area contributed by atoms with Gasteiger partial charge in [0.15, 0.2) is 0 Å². The summed E-state index contributed by atoms with van der Waals surface area (Å²) < 4.78 is 0. The number of primary amides is 1. The van der Waals surface area contributed by atoms with Crippen molar-refractivity contribution >= 4 is 65.1 Å². The number of hydrogen-bond donors (Lipinski definition) is 14. The molecule has 0 saturated carbocycles. The zero-order valence-corrected chi connectivity index (χ0v) is 37.0. The first-order valence-electron chi connectivity index (χ1n) is 20.2. The fourth-order valence-electron chi connectivity index (χ4n) is 5.69. The van der Waals surface area contributed by atoms with Crippen LogP contribution in [-0.4, -0.2) is 153 Å². The monoisotopic (exact) mass is 902 g/mol. The third-order valence-corrected chi connectivity index (χ3v) is 9.22. The van der Waals surface area contributed by atoms with Crippen LogP contribution in [0.25, 0.3) is 0 Å². The van der Waals surface area contributed by atoms with Crippen molar-refractivity contribution in [3.8, 4) is 0 Å². The maximum Gasteiger partial charge on any atom is 0.326 e. The van der Waals surface area contributed by atoms with Crippen molar-refractivity contribution < 1.29 is 73.2 Å². The van der Waals surface area contributed by atoms with Crippen molar-refractivity contribution in [1.82, 2.24) is 42.5 Å². The van der Waals surface area contributed by atoms with E-state index in [2.05, 4.69) is 42.5 Å². The molecule has 358 valence electrons. The molecule has 0 aromatic heterocycles. The highest BCUT2D eigenvalue weighted by molar-refractivity contribution is 5.99. The summed E-state index contributed by atoms with van der Waals surface area (Å²) in [6, 6.07) is -12.6. The molecule has 0 aliphatic heterocycles. The van der Waals surface area contributed by atoms with Crippen LogP contribution in [0.15, 0.2) is 0 Å². The van der Waals surface area contributed by atoms with Gasteiger partial charge in [-0.05, 0) is 51.4 Å². The van der Waals surface area contributed by atoms with Gasteiger partial charge >= 0.3 is 11.9 Å². The van der Waals surface area contributed by atoms with E-state index in [1.165, 1.54) is 34.6 Å². The van der Waals surface area contributed by atoms with Gasteiger partial charge in [-0.3, -0.25) is 47.9 Å². The largest absolute Gasteiger partial charge is 0.481 e. The maximum atomic E-state index is 13.7. The highest BCUT2D eigenvalue weighted by atomic mass is 16.4. The summed E-state index contributed by atoms with van der Waals surface area (Å²) in [6.07, 6.45) is -5.09. The number of carbonyl (C=O) groups is 11. The van der Waals surface area contributed by atoms with Crippen LogP contribution in [0.3, 0.4) is 0 Å². The molecular formula is C38H66N10O15. The number of carboxylic acids is 2. The first-order chi connectivity index (χ1) is 29.0. The zero-order chi connectivity index (χ0) is 49.0. The van der Waals surface area contributed by atoms with E-state index in [1.54, 1.807) is 13.8 Å². The highest BCUT2D eigenvalue weighted by Gasteiger charge is 2.37. The molecule has 0 aromatic rings. The number of aliphatic hydroxyl groups excluding tert-OH is 2. The standard InChI is InChI=1S/C38H66N10O15/c1-15(2)12-22(42-25(52)14-39)33(57)41-18(7)31(55)47-29(19(8)49)36(60)44-23(13-26(53)54)34(58)45-27(16(3)4)35(59)43-21(10-11-24(40)51)32(56)48-30(20(9)50)37(61)46-28(17(5)6)38(62)63/h15-23,27-30,49-50H,10-14,39H2,1-9H3,(H2,40,51)(H,41,57)(H,42,52)(H,43,59)(H,44,60)(H,45,58)(H,46,61)(H,47,55)(H,48,56)(H,53,54)(H,62,63)/t18-,19+,20+,21-,22-,23-,27-,28-,29-,30-/m0/s1. The average Bonchev–Trinajstić information content (AvgIpc) is 3.16. The van der Waals surface area contributed by atoms with Crippen LogP contribution in [-0.2, 0) is 52.7 Å². The van der Waals surface area contributed by atoms with E-state index in [1.807, 2.05) is 0 Å². The topological polar surface area (TPSA) is 417 Å². The number of carboxylic acid groups (broad SMARTS) is 2. The van der Waals surface area contributed by atoms with E-state index in [-0.39, 0.29) is 12.3 Å². The van der Waals surface area contributed by atoms with E-state index in [0.29, 0.717) is 0 Å². The van der Waals surface area contributed by atoms with Gasteiger partial charge in [-0.2, -0.15) is 0 Å². The molecule has 0 bridgehead atoms. The minimum absolute atomic E-state index is 0.0630. The number of hydrogen-bond acceptors (Lipinski definition) is 14. The van der Waals surface area contributed by atoms with Crippen LogP contribution in [0.2, 0.25) is 0 Å². The normalized spacial score (nSPS) is 16.0. The van der Waals surface area contributed by atoms with E-state index >= 15 is 0 Å². The predicted octanol–water partition coefficient (Wildman–Crippen LogP) is -5.21. The first kappa shape index (κ1) is 57.1. The zero-order valence-electron chi connectivity index (χ0n) is 37.0. The molecule has 0 heterocycles. The van der Waals surface area contributed by atoms with Crippen molar-refractivity contribution in [3.63, 3.8) is 0 Å². The van der Waals surface area contributed by atoms with E-state index in [4.69, 9.17) is 11.5 Å². The molecule has 9 amide bonds. The molecule has 10 atom stereocenters. The van der Waals surface area contributed by atoms with E-state index in [0.717, 1.165) is 13.8 Å². The second kappa shape index (κ2) is 27.2. The number of aliphatic carboxylic acids is 2. The lowest BCUT2D eigenvalue weighted by Gasteiger charge is -2.29. The van der Waals surface area contributed by atoms with Gasteiger partial charge in [0.1, 0.15) is 48.3 Å². The predicted molar refractivity (Wildman–Crippen MR) is 221 cm³/mol. The average molecular weight is 903 g/mol. The van der Waals surface area contributed by atoms with E-state index in [9.17, 15) is 73.2 Å². The quantitative estimate of drug-likeness (QED) is 0.0349. The summed E-state index contributed by atoms with van der Waals surface area (Å²) in [5.41, 5.74) is 10.6. The molecule has 0 rings (SSSR count). The van der Waals surface area contributed by atoms with Crippen LogP contribution >= 0.6 is 0 Å². The minimum Gasteiger partial charge on any atom is -0.481 e. The first-order valence-corrected chi connectivity index (χ1v) is 20.2.